The van der Waals surface area contributed by atoms with Gasteiger partial charge in [0.25, 0.3) is 0 Å². The molecule has 3 heteroatoms. The molecule has 0 N–H and O–H groups in total. The third-order valence-electron chi connectivity index (χ3n) is 8.65. The van der Waals surface area contributed by atoms with Gasteiger partial charge >= 0.3 is 0 Å². The van der Waals surface area contributed by atoms with E-state index in [9.17, 15) is 0 Å². The molecule has 0 radical (unpaired) electrons. The number of hydrogen-bond acceptors (Lipinski definition) is 3. The topological polar surface area (TPSA) is 38.7 Å². The fourth-order valence-electron chi connectivity index (χ4n) is 6.38. The van der Waals surface area contributed by atoms with Crippen molar-refractivity contribution >= 4 is 53.9 Å². The minimum atomic E-state index is 0.700. The molecule has 0 saturated heterocycles. The summed E-state index contributed by atoms with van der Waals surface area (Å²) in [4.78, 5) is 14.7. The quantitative estimate of drug-likeness (QED) is 0.202. The van der Waals surface area contributed by atoms with Crippen LogP contribution < -0.4 is 0 Å². The zero-order valence-electron chi connectivity index (χ0n) is 23.8. The molecule has 2 aromatic heterocycles. The third-order valence-corrected chi connectivity index (χ3v) is 8.65. The monoisotopic (exact) mass is 559 g/mol. The van der Waals surface area contributed by atoms with Crippen LogP contribution in [0.5, 0.6) is 0 Å². The Morgan fingerprint density at radius 1 is 0.364 bits per heavy atom. The summed E-state index contributed by atoms with van der Waals surface area (Å²) in [5, 5.41) is 11.9. The Bertz CT molecular complexity index is 2420. The van der Waals surface area contributed by atoms with E-state index in [1.54, 1.807) is 0 Å². The molecule has 0 aliphatic rings. The number of benzene rings is 7. The van der Waals surface area contributed by atoms with Crippen molar-refractivity contribution in [2.45, 2.75) is 0 Å². The van der Waals surface area contributed by atoms with Gasteiger partial charge in [-0.2, -0.15) is 0 Å². The standard InChI is InChI=1S/C41H25N3/c1-3-8-28-20-35-22-32(14-12-30(35)18-26(28)6-1)39-24-40(44-41(43-39)38-11-5-10-34-25-42-17-16-37(34)38)33-15-13-31-19-27-7-2-4-9-29(27)21-36(31)23-33/h1-25H. The van der Waals surface area contributed by atoms with E-state index in [2.05, 4.69) is 138 Å². The van der Waals surface area contributed by atoms with Crippen molar-refractivity contribution in [1.29, 1.82) is 0 Å². The van der Waals surface area contributed by atoms with E-state index in [1.807, 2.05) is 18.5 Å². The summed E-state index contributed by atoms with van der Waals surface area (Å²) in [5.74, 6) is 0.700. The largest absolute Gasteiger partial charge is 0.264 e. The average Bonchev–Trinajstić information content (AvgIpc) is 3.09. The number of fused-ring (bicyclic) bond motifs is 5. The number of pyridine rings is 1. The van der Waals surface area contributed by atoms with Crippen LogP contribution in [0.15, 0.2) is 152 Å². The lowest BCUT2D eigenvalue weighted by atomic mass is 9.98. The van der Waals surface area contributed by atoms with Gasteiger partial charge in [0.05, 0.1) is 11.4 Å². The summed E-state index contributed by atoms with van der Waals surface area (Å²) >= 11 is 0. The zero-order valence-corrected chi connectivity index (χ0v) is 23.8. The van der Waals surface area contributed by atoms with Crippen LogP contribution in [0.4, 0.5) is 0 Å². The molecular weight excluding hydrogens is 534 g/mol. The zero-order chi connectivity index (χ0) is 29.0. The average molecular weight is 560 g/mol. The lowest BCUT2D eigenvalue weighted by molar-refractivity contribution is 1.19. The van der Waals surface area contributed by atoms with Gasteiger partial charge in [-0.25, -0.2) is 9.97 Å². The van der Waals surface area contributed by atoms with E-state index in [-0.39, 0.29) is 0 Å². The molecule has 9 rings (SSSR count). The van der Waals surface area contributed by atoms with Gasteiger partial charge in [0, 0.05) is 34.5 Å². The molecule has 0 unspecified atom stereocenters. The van der Waals surface area contributed by atoms with Gasteiger partial charge in [0.2, 0.25) is 0 Å². The maximum Gasteiger partial charge on any atom is 0.161 e. The molecule has 0 amide bonds. The van der Waals surface area contributed by atoms with Crippen LogP contribution in [0, 0.1) is 0 Å². The highest BCUT2D eigenvalue weighted by molar-refractivity contribution is 6.01. The van der Waals surface area contributed by atoms with Gasteiger partial charge in [-0.3, -0.25) is 4.98 Å². The summed E-state index contributed by atoms with van der Waals surface area (Å²) in [5.41, 5.74) is 4.90. The molecule has 3 nitrogen and oxygen atoms in total. The van der Waals surface area contributed by atoms with Crippen molar-refractivity contribution in [3.05, 3.63) is 152 Å². The van der Waals surface area contributed by atoms with E-state index >= 15 is 0 Å². The minimum absolute atomic E-state index is 0.700. The maximum atomic E-state index is 5.19. The molecule has 0 aliphatic carbocycles. The molecule has 0 aliphatic heterocycles. The van der Waals surface area contributed by atoms with E-state index in [0.717, 1.165) is 38.9 Å². The Balaban J connectivity index is 1.27. The van der Waals surface area contributed by atoms with E-state index in [1.165, 1.54) is 43.1 Å². The molecular formula is C41H25N3. The Kier molecular flexibility index (Phi) is 5.50. The second-order valence-corrected chi connectivity index (χ2v) is 11.4. The second kappa shape index (κ2) is 9.82. The van der Waals surface area contributed by atoms with E-state index in [0.29, 0.717) is 5.82 Å². The highest BCUT2D eigenvalue weighted by Gasteiger charge is 2.14. The number of rotatable bonds is 3. The summed E-state index contributed by atoms with van der Waals surface area (Å²) in [7, 11) is 0. The minimum Gasteiger partial charge on any atom is -0.264 e. The van der Waals surface area contributed by atoms with Crippen LogP contribution >= 0.6 is 0 Å². The third kappa shape index (κ3) is 4.18. The smallest absolute Gasteiger partial charge is 0.161 e. The molecule has 7 aromatic carbocycles. The van der Waals surface area contributed by atoms with Gasteiger partial charge in [-0.15, -0.1) is 0 Å². The van der Waals surface area contributed by atoms with Crippen molar-refractivity contribution in [3.8, 4) is 33.9 Å². The first-order valence-corrected chi connectivity index (χ1v) is 14.8. The predicted molar refractivity (Wildman–Crippen MR) is 184 cm³/mol. The number of nitrogens with zero attached hydrogens (tertiary/aromatic N) is 3. The summed E-state index contributed by atoms with van der Waals surface area (Å²) in [6.45, 7) is 0. The van der Waals surface area contributed by atoms with Gasteiger partial charge in [-0.1, -0.05) is 91.0 Å². The first-order chi connectivity index (χ1) is 21.7. The predicted octanol–water partition coefficient (Wildman–Crippen LogP) is 10.6. The van der Waals surface area contributed by atoms with Gasteiger partial charge in [-0.05, 0) is 97.0 Å². The second-order valence-electron chi connectivity index (χ2n) is 11.4. The van der Waals surface area contributed by atoms with Gasteiger partial charge in [0.15, 0.2) is 5.82 Å². The maximum absolute atomic E-state index is 5.19. The lowest BCUT2D eigenvalue weighted by Gasteiger charge is -2.12. The van der Waals surface area contributed by atoms with Crippen LogP contribution in [0.3, 0.4) is 0 Å². The van der Waals surface area contributed by atoms with Crippen molar-refractivity contribution in [2.75, 3.05) is 0 Å². The highest BCUT2D eigenvalue weighted by Crippen LogP contribution is 2.34. The number of hydrogen-bond donors (Lipinski definition) is 0. The molecule has 204 valence electrons. The van der Waals surface area contributed by atoms with Crippen LogP contribution in [-0.2, 0) is 0 Å². The molecule has 9 aromatic rings. The summed E-state index contributed by atoms with van der Waals surface area (Å²) in [6, 6.07) is 49.7. The number of aromatic nitrogens is 3. The van der Waals surface area contributed by atoms with E-state index < -0.39 is 0 Å². The van der Waals surface area contributed by atoms with Crippen molar-refractivity contribution in [1.82, 2.24) is 15.0 Å². The van der Waals surface area contributed by atoms with Crippen LogP contribution in [0.1, 0.15) is 0 Å². The van der Waals surface area contributed by atoms with Crippen LogP contribution in [0.25, 0.3) is 87.8 Å². The molecule has 0 spiro atoms. The van der Waals surface area contributed by atoms with Gasteiger partial charge in [0.1, 0.15) is 0 Å². The van der Waals surface area contributed by atoms with Crippen LogP contribution in [-0.4, -0.2) is 15.0 Å². The first-order valence-electron chi connectivity index (χ1n) is 14.8. The Morgan fingerprint density at radius 2 is 0.864 bits per heavy atom. The van der Waals surface area contributed by atoms with E-state index in [4.69, 9.17) is 9.97 Å². The van der Waals surface area contributed by atoms with Crippen molar-refractivity contribution in [2.24, 2.45) is 0 Å². The molecule has 0 fully saturated rings. The summed E-state index contributed by atoms with van der Waals surface area (Å²) in [6.07, 6.45) is 3.73. The SMILES string of the molecule is c1ccc2cc3cc(-c4cc(-c5ccc6cc7ccccc7cc6c5)nc(-c5cccc6cnccc56)n4)ccc3cc2c1. The fraction of sp³-hybridized carbons (Fsp3) is 0. The normalized spacial score (nSPS) is 11.6. The first kappa shape index (κ1) is 24.6. The molecule has 0 atom stereocenters. The molecule has 0 bridgehead atoms. The Labute approximate surface area is 254 Å². The Morgan fingerprint density at radius 3 is 1.43 bits per heavy atom. The summed E-state index contributed by atoms with van der Waals surface area (Å²) < 4.78 is 0. The van der Waals surface area contributed by atoms with Crippen molar-refractivity contribution in [3.63, 3.8) is 0 Å². The lowest BCUT2D eigenvalue weighted by Crippen LogP contribution is -1.97. The highest BCUT2D eigenvalue weighted by atomic mass is 14.9. The van der Waals surface area contributed by atoms with Gasteiger partial charge < -0.3 is 0 Å². The Hall–Kier alpha value is -5.93. The molecule has 2 heterocycles. The van der Waals surface area contributed by atoms with Crippen LogP contribution in [0.2, 0.25) is 0 Å². The molecule has 0 saturated carbocycles. The fourth-order valence-corrected chi connectivity index (χ4v) is 6.38. The molecule has 44 heavy (non-hydrogen) atoms. The van der Waals surface area contributed by atoms with Crippen molar-refractivity contribution < 1.29 is 0 Å².